The summed E-state index contributed by atoms with van der Waals surface area (Å²) in [6, 6.07) is 9.72. The van der Waals surface area contributed by atoms with Crippen molar-refractivity contribution in [3.8, 4) is 5.75 Å². The summed E-state index contributed by atoms with van der Waals surface area (Å²) in [5, 5.41) is 1.03. The zero-order valence-electron chi connectivity index (χ0n) is 7.81. The number of ether oxygens (including phenoxy) is 1. The zero-order chi connectivity index (χ0) is 9.80. The maximum absolute atomic E-state index is 5.50. The van der Waals surface area contributed by atoms with Crippen LogP contribution in [0.3, 0.4) is 0 Å². The quantitative estimate of drug-likeness (QED) is 0.795. The van der Waals surface area contributed by atoms with Crippen LogP contribution in [0.15, 0.2) is 36.5 Å². The molecular formula is C11H12N2O. The van der Waals surface area contributed by atoms with Gasteiger partial charge in [-0.1, -0.05) is 6.07 Å². The number of benzene rings is 1. The number of aromatic nitrogens is 1. The van der Waals surface area contributed by atoms with Crippen molar-refractivity contribution >= 4 is 10.9 Å². The smallest absolute Gasteiger partial charge is 0.128 e. The molecule has 14 heavy (non-hydrogen) atoms. The SMILES string of the molecule is NCCOc1cccc2ncccc12. The first-order valence-corrected chi connectivity index (χ1v) is 4.58. The fourth-order valence-electron chi connectivity index (χ4n) is 1.37. The Morgan fingerprint density at radius 3 is 3.00 bits per heavy atom. The number of nitrogens with two attached hydrogens (primary N) is 1. The molecule has 0 atom stereocenters. The van der Waals surface area contributed by atoms with Gasteiger partial charge in [-0.2, -0.15) is 0 Å². The van der Waals surface area contributed by atoms with Crippen LogP contribution in [0.4, 0.5) is 0 Å². The van der Waals surface area contributed by atoms with Crippen LogP contribution in [0.2, 0.25) is 0 Å². The molecule has 1 heterocycles. The molecule has 0 saturated carbocycles. The van der Waals surface area contributed by atoms with Crippen LogP contribution in [0, 0.1) is 0 Å². The van der Waals surface area contributed by atoms with Crippen molar-refractivity contribution in [2.24, 2.45) is 5.73 Å². The molecule has 0 aliphatic carbocycles. The second-order valence-corrected chi connectivity index (χ2v) is 2.96. The predicted octanol–water partition coefficient (Wildman–Crippen LogP) is 1.57. The standard InChI is InChI=1S/C11H12N2O/c12-6-8-14-11-5-1-4-10-9(11)3-2-7-13-10/h1-5,7H,6,8,12H2. The lowest BCUT2D eigenvalue weighted by molar-refractivity contribution is 0.332. The molecule has 2 aromatic rings. The highest BCUT2D eigenvalue weighted by Crippen LogP contribution is 2.23. The van der Waals surface area contributed by atoms with Crippen molar-refractivity contribution in [2.45, 2.75) is 0 Å². The molecule has 3 nitrogen and oxygen atoms in total. The number of hydrogen-bond acceptors (Lipinski definition) is 3. The number of rotatable bonds is 3. The number of fused-ring (bicyclic) bond motifs is 1. The van der Waals surface area contributed by atoms with Crippen LogP contribution >= 0.6 is 0 Å². The molecule has 2 rings (SSSR count). The lowest BCUT2D eigenvalue weighted by Gasteiger charge is -2.06. The Bertz CT molecular complexity index is 423. The molecule has 0 spiro atoms. The Hall–Kier alpha value is -1.61. The summed E-state index contributed by atoms with van der Waals surface area (Å²) in [5.74, 6) is 0.848. The third kappa shape index (κ3) is 1.67. The minimum absolute atomic E-state index is 0.524. The second-order valence-electron chi connectivity index (χ2n) is 2.96. The molecule has 0 aliphatic rings. The molecule has 0 bridgehead atoms. The third-order valence-electron chi connectivity index (χ3n) is 1.98. The van der Waals surface area contributed by atoms with Crippen LogP contribution in [0.25, 0.3) is 10.9 Å². The fraction of sp³-hybridized carbons (Fsp3) is 0.182. The second kappa shape index (κ2) is 4.07. The van der Waals surface area contributed by atoms with E-state index in [1.807, 2.05) is 30.3 Å². The summed E-state index contributed by atoms with van der Waals surface area (Å²) >= 11 is 0. The Morgan fingerprint density at radius 1 is 1.21 bits per heavy atom. The van der Waals surface area contributed by atoms with Crippen molar-refractivity contribution < 1.29 is 4.74 Å². The van der Waals surface area contributed by atoms with Crippen molar-refractivity contribution in [1.29, 1.82) is 0 Å². The Labute approximate surface area is 82.5 Å². The van der Waals surface area contributed by atoms with Gasteiger partial charge in [0.1, 0.15) is 12.4 Å². The highest BCUT2D eigenvalue weighted by Gasteiger charge is 2.00. The Kier molecular flexibility index (Phi) is 2.60. The van der Waals surface area contributed by atoms with E-state index in [1.165, 1.54) is 0 Å². The molecule has 1 aromatic carbocycles. The van der Waals surface area contributed by atoms with E-state index < -0.39 is 0 Å². The Morgan fingerprint density at radius 2 is 2.14 bits per heavy atom. The van der Waals surface area contributed by atoms with Crippen LogP contribution in [-0.4, -0.2) is 18.1 Å². The minimum atomic E-state index is 0.524. The van der Waals surface area contributed by atoms with Crippen molar-refractivity contribution in [3.63, 3.8) is 0 Å². The lowest BCUT2D eigenvalue weighted by atomic mass is 10.2. The largest absolute Gasteiger partial charge is 0.492 e. The molecule has 3 heteroatoms. The average Bonchev–Trinajstić information content (AvgIpc) is 2.26. The normalized spacial score (nSPS) is 10.4. The molecule has 0 unspecified atom stereocenters. The lowest BCUT2D eigenvalue weighted by Crippen LogP contribution is -2.10. The van der Waals surface area contributed by atoms with Gasteiger partial charge >= 0.3 is 0 Å². The summed E-state index contributed by atoms with van der Waals surface area (Å²) in [7, 11) is 0. The molecule has 1 aromatic heterocycles. The molecule has 0 fully saturated rings. The van der Waals surface area contributed by atoms with Gasteiger partial charge in [-0.3, -0.25) is 4.98 Å². The molecule has 0 aliphatic heterocycles. The van der Waals surface area contributed by atoms with Gasteiger partial charge in [-0.05, 0) is 24.3 Å². The third-order valence-corrected chi connectivity index (χ3v) is 1.98. The van der Waals surface area contributed by atoms with E-state index in [1.54, 1.807) is 6.20 Å². The fourth-order valence-corrected chi connectivity index (χ4v) is 1.37. The zero-order valence-corrected chi connectivity index (χ0v) is 7.81. The maximum Gasteiger partial charge on any atom is 0.128 e. The molecule has 72 valence electrons. The molecular weight excluding hydrogens is 176 g/mol. The Balaban J connectivity index is 2.43. The van der Waals surface area contributed by atoms with E-state index in [-0.39, 0.29) is 0 Å². The predicted molar refractivity (Wildman–Crippen MR) is 56.3 cm³/mol. The van der Waals surface area contributed by atoms with E-state index in [9.17, 15) is 0 Å². The van der Waals surface area contributed by atoms with Crippen molar-refractivity contribution in [1.82, 2.24) is 4.98 Å². The first-order valence-electron chi connectivity index (χ1n) is 4.58. The van der Waals surface area contributed by atoms with Crippen LogP contribution in [0.5, 0.6) is 5.75 Å². The molecule has 0 radical (unpaired) electrons. The number of hydrogen-bond donors (Lipinski definition) is 1. The van der Waals surface area contributed by atoms with Gasteiger partial charge < -0.3 is 10.5 Å². The highest BCUT2D eigenvalue weighted by molar-refractivity contribution is 5.84. The molecule has 2 N–H and O–H groups in total. The van der Waals surface area contributed by atoms with Gasteiger partial charge in [0, 0.05) is 18.1 Å². The number of pyridine rings is 1. The first-order chi connectivity index (χ1) is 6.92. The van der Waals surface area contributed by atoms with Gasteiger partial charge in [-0.25, -0.2) is 0 Å². The number of nitrogens with zero attached hydrogens (tertiary/aromatic N) is 1. The van der Waals surface area contributed by atoms with Crippen LogP contribution in [0.1, 0.15) is 0 Å². The summed E-state index contributed by atoms with van der Waals surface area (Å²) in [4.78, 5) is 4.24. The average molecular weight is 188 g/mol. The summed E-state index contributed by atoms with van der Waals surface area (Å²) in [6.07, 6.45) is 1.77. The van der Waals surface area contributed by atoms with Gasteiger partial charge in [0.05, 0.1) is 5.52 Å². The van der Waals surface area contributed by atoms with Crippen LogP contribution in [-0.2, 0) is 0 Å². The van der Waals surface area contributed by atoms with Crippen molar-refractivity contribution in [3.05, 3.63) is 36.5 Å². The maximum atomic E-state index is 5.50. The highest BCUT2D eigenvalue weighted by atomic mass is 16.5. The van der Waals surface area contributed by atoms with Gasteiger partial charge in [0.15, 0.2) is 0 Å². The van der Waals surface area contributed by atoms with Crippen molar-refractivity contribution in [2.75, 3.05) is 13.2 Å². The topological polar surface area (TPSA) is 48.1 Å². The summed E-state index contributed by atoms with van der Waals surface area (Å²) < 4.78 is 5.50. The van der Waals surface area contributed by atoms with E-state index in [0.717, 1.165) is 16.7 Å². The van der Waals surface area contributed by atoms with Gasteiger partial charge in [-0.15, -0.1) is 0 Å². The first kappa shape index (κ1) is 8.97. The summed E-state index contributed by atoms with van der Waals surface area (Å²) in [5.41, 5.74) is 6.33. The van der Waals surface area contributed by atoms with E-state index >= 15 is 0 Å². The van der Waals surface area contributed by atoms with E-state index in [0.29, 0.717) is 13.2 Å². The van der Waals surface area contributed by atoms with E-state index in [2.05, 4.69) is 4.98 Å². The van der Waals surface area contributed by atoms with Gasteiger partial charge in [0.2, 0.25) is 0 Å². The van der Waals surface area contributed by atoms with Crippen LogP contribution < -0.4 is 10.5 Å². The van der Waals surface area contributed by atoms with Gasteiger partial charge in [0.25, 0.3) is 0 Å². The molecule has 0 amide bonds. The molecule has 0 saturated heterocycles. The van der Waals surface area contributed by atoms with E-state index in [4.69, 9.17) is 10.5 Å². The summed E-state index contributed by atoms with van der Waals surface area (Å²) in [6.45, 7) is 1.06. The monoisotopic (exact) mass is 188 g/mol. The minimum Gasteiger partial charge on any atom is -0.492 e.